The van der Waals surface area contributed by atoms with Crippen molar-refractivity contribution in [1.82, 2.24) is 34.9 Å². The van der Waals surface area contributed by atoms with Crippen LogP contribution in [0.25, 0.3) is 0 Å². The number of carbonyl (C=O) groups excluding carboxylic acids is 1. The van der Waals surface area contributed by atoms with E-state index in [2.05, 4.69) is 30.3 Å². The molecule has 3 aromatic rings. The summed E-state index contributed by atoms with van der Waals surface area (Å²) in [4.78, 5) is 14.0. The Balaban J connectivity index is 0.872. The minimum atomic E-state index is -2.37. The van der Waals surface area contributed by atoms with Crippen molar-refractivity contribution < 1.29 is 124 Å². The number of benzene rings is 1. The maximum atomic E-state index is 13.8. The van der Waals surface area contributed by atoms with E-state index < -0.39 is 110 Å². The molecule has 480 valence electrons. The van der Waals surface area contributed by atoms with Gasteiger partial charge in [-0.15, -0.1) is 10.2 Å². The van der Waals surface area contributed by atoms with Crippen LogP contribution >= 0.6 is 0 Å². The molecule has 2 fully saturated rings. The molecule has 5 rings (SSSR count). The summed E-state index contributed by atoms with van der Waals surface area (Å²) in [6.45, 7) is 7.42. The number of aliphatic hydroxyl groups excluding tert-OH is 6. The third-order valence-corrected chi connectivity index (χ3v) is 12.6. The molecule has 2 aliphatic rings. The zero-order valence-electron chi connectivity index (χ0n) is 46.7. The van der Waals surface area contributed by atoms with Gasteiger partial charge >= 0.3 is 5.97 Å². The van der Waals surface area contributed by atoms with Gasteiger partial charge in [0.1, 0.15) is 24.4 Å². The van der Waals surface area contributed by atoms with E-state index in [0.29, 0.717) is 143 Å². The van der Waals surface area contributed by atoms with Crippen molar-refractivity contribution in [2.45, 2.75) is 94.4 Å². The number of aromatic nitrogens is 6. The maximum absolute atomic E-state index is 13.8. The van der Waals surface area contributed by atoms with Crippen LogP contribution in [0.1, 0.15) is 30.7 Å². The van der Waals surface area contributed by atoms with Gasteiger partial charge in [0, 0.05) is 57.7 Å². The third-order valence-electron chi connectivity index (χ3n) is 12.6. The molecule has 0 radical (unpaired) electrons. The van der Waals surface area contributed by atoms with Gasteiger partial charge in [-0.25, -0.2) is 22.5 Å². The Hall–Kier alpha value is -4.18. The van der Waals surface area contributed by atoms with Crippen LogP contribution in [0.2, 0.25) is 0 Å². The number of rotatable bonds is 47. The van der Waals surface area contributed by atoms with Gasteiger partial charge in [-0.1, -0.05) is 10.4 Å². The van der Waals surface area contributed by atoms with Crippen LogP contribution in [0.15, 0.2) is 12.4 Å². The lowest BCUT2D eigenvalue weighted by Crippen LogP contribution is -2.50. The fourth-order valence-electron chi connectivity index (χ4n) is 7.92. The van der Waals surface area contributed by atoms with Gasteiger partial charge in [0.25, 0.3) is 0 Å². The van der Waals surface area contributed by atoms with Crippen molar-refractivity contribution in [3.63, 3.8) is 0 Å². The van der Waals surface area contributed by atoms with Crippen LogP contribution in [-0.4, -0.2) is 286 Å². The SMILES string of the molecule is O=C(CCOCCOCCOCCN(CCOCCOCCOCCn1cc(CCO[C@H]2C[C@@H](O)[C@@H](O)[C@@H](CO)O2)nn1)CCOCCOCCOCCn1cc(CCO[C@H]2C[C@@H](O)[C@@H](O)[C@@H](CO)O2)nn1)Oc1c(F)c(F)c(F)c(F)c1F. The highest BCUT2D eigenvalue weighted by molar-refractivity contribution is 5.72. The Labute approximate surface area is 481 Å². The van der Waals surface area contributed by atoms with Crippen molar-refractivity contribution in [3.8, 4) is 5.75 Å². The van der Waals surface area contributed by atoms with E-state index in [1.54, 1.807) is 21.8 Å². The van der Waals surface area contributed by atoms with Crippen molar-refractivity contribution in [2.24, 2.45) is 0 Å². The number of nitrogens with zero attached hydrogens (tertiary/aromatic N) is 7. The van der Waals surface area contributed by atoms with Crippen molar-refractivity contribution in [1.29, 1.82) is 0 Å². The van der Waals surface area contributed by atoms with E-state index in [9.17, 15) is 57.4 Å². The van der Waals surface area contributed by atoms with Gasteiger partial charge in [0.15, 0.2) is 12.6 Å². The fraction of sp³-hybridized carbons (Fsp3) is 0.784. The Kier molecular flexibility index (Phi) is 34.5. The molecule has 0 aliphatic carbocycles. The van der Waals surface area contributed by atoms with E-state index in [1.807, 2.05) is 0 Å². The molecular weight excluding hydrogens is 1140 g/mol. The van der Waals surface area contributed by atoms with Crippen LogP contribution in [-0.2, 0) is 92.3 Å². The van der Waals surface area contributed by atoms with Crippen molar-refractivity contribution >= 4 is 5.97 Å². The summed E-state index contributed by atoms with van der Waals surface area (Å²) < 4.78 is 148. The first-order chi connectivity index (χ1) is 40.8. The minimum absolute atomic E-state index is 0.0296. The summed E-state index contributed by atoms with van der Waals surface area (Å²) in [5.41, 5.74) is 1.38. The van der Waals surface area contributed by atoms with E-state index in [0.717, 1.165) is 0 Å². The Bertz CT molecular complexity index is 2130. The number of halogens is 5. The monoisotopic (exact) mass is 1220 g/mol. The first-order valence-electron chi connectivity index (χ1n) is 27.7. The maximum Gasteiger partial charge on any atom is 0.313 e. The molecule has 8 atom stereocenters. The molecule has 0 unspecified atom stereocenters. The predicted octanol–water partition coefficient (Wildman–Crippen LogP) is -1.51. The fourth-order valence-corrected chi connectivity index (χ4v) is 7.92. The summed E-state index contributed by atoms with van der Waals surface area (Å²) in [6.07, 6.45) is -3.72. The molecule has 2 saturated heterocycles. The molecule has 84 heavy (non-hydrogen) atoms. The summed E-state index contributed by atoms with van der Waals surface area (Å²) in [7, 11) is 0. The van der Waals surface area contributed by atoms with Gasteiger partial charge in [-0.3, -0.25) is 9.69 Å². The zero-order chi connectivity index (χ0) is 60.3. The molecular formula is C51H80F5N7O21. The first kappa shape index (κ1) is 70.6. The second-order valence-corrected chi connectivity index (χ2v) is 18.8. The smallest absolute Gasteiger partial charge is 0.313 e. The van der Waals surface area contributed by atoms with Gasteiger partial charge in [-0.05, 0) is 0 Å². The van der Waals surface area contributed by atoms with Gasteiger partial charge < -0.3 is 97.0 Å². The number of hydrogen-bond acceptors (Lipinski definition) is 26. The van der Waals surface area contributed by atoms with Crippen LogP contribution < -0.4 is 4.74 Å². The van der Waals surface area contributed by atoms with Crippen molar-refractivity contribution in [3.05, 3.63) is 52.9 Å². The molecule has 0 spiro atoms. The number of esters is 1. The number of ether oxygens (including phenoxy) is 14. The van der Waals surface area contributed by atoms with Crippen LogP contribution in [0, 0.1) is 29.1 Å². The first-order valence-corrected chi connectivity index (χ1v) is 27.7. The molecule has 1 aromatic carbocycles. The standard InChI is InChI=1S/C51H80F5N7O21/c52-44-45(53)47(55)51(48(56)46(44)54)84-41(68)3-9-71-17-23-77-24-18-72-12-4-61(5-13-73-19-25-78-27-21-75-15-7-62-31-35(57-59-62)1-10-80-42-29-37(66)49(69)39(33-64)82-42)6-14-74-20-26-79-28-22-76-16-8-63-32-36(58-60-63)2-11-81-43-30-38(67)50(70)40(34-65)83-43/h31-32,37-40,42-43,49-50,64-67,69-70H,1-30,33-34H2/t37-,38-,39-,40-,42-,43-,49-,50-/m1/s1. The Morgan fingerprint density at radius 1 is 0.500 bits per heavy atom. The second-order valence-electron chi connectivity index (χ2n) is 18.8. The Morgan fingerprint density at radius 2 is 0.845 bits per heavy atom. The van der Waals surface area contributed by atoms with E-state index in [-0.39, 0.29) is 59.1 Å². The molecule has 2 aromatic heterocycles. The summed E-state index contributed by atoms with van der Waals surface area (Å²) >= 11 is 0. The number of hydrogen-bond donors (Lipinski definition) is 6. The highest BCUT2D eigenvalue weighted by Crippen LogP contribution is 2.29. The second kappa shape index (κ2) is 41.1. The van der Waals surface area contributed by atoms with Crippen LogP contribution in [0.4, 0.5) is 22.0 Å². The Morgan fingerprint density at radius 3 is 1.23 bits per heavy atom. The quantitative estimate of drug-likeness (QED) is 0.00935. The van der Waals surface area contributed by atoms with Crippen molar-refractivity contribution in [2.75, 3.05) is 165 Å². The lowest BCUT2D eigenvalue weighted by Gasteiger charge is -2.35. The summed E-state index contributed by atoms with van der Waals surface area (Å²) in [5.74, 6) is -14.3. The van der Waals surface area contributed by atoms with E-state index in [1.165, 1.54) is 0 Å². The largest absolute Gasteiger partial charge is 0.420 e. The zero-order valence-corrected chi connectivity index (χ0v) is 46.7. The topological polar surface area (TPSA) is 332 Å². The third kappa shape index (κ3) is 26.4. The average molecular weight is 1220 g/mol. The number of carbonyl (C=O) groups is 1. The molecule has 33 heteroatoms. The van der Waals surface area contributed by atoms with Crippen LogP contribution in [0.5, 0.6) is 5.75 Å². The molecule has 0 amide bonds. The van der Waals surface area contributed by atoms with E-state index in [4.69, 9.17) is 61.6 Å². The predicted molar refractivity (Wildman–Crippen MR) is 274 cm³/mol. The highest BCUT2D eigenvalue weighted by atomic mass is 19.2. The normalized spacial score (nSPS) is 21.0. The van der Waals surface area contributed by atoms with E-state index >= 15 is 0 Å². The number of aliphatic hydroxyl groups is 6. The summed E-state index contributed by atoms with van der Waals surface area (Å²) in [5, 5.41) is 74.8. The molecule has 6 N–H and O–H groups in total. The molecule has 4 heterocycles. The lowest BCUT2D eigenvalue weighted by molar-refractivity contribution is -0.256. The highest BCUT2D eigenvalue weighted by Gasteiger charge is 2.38. The van der Waals surface area contributed by atoms with Gasteiger partial charge in [0.2, 0.25) is 34.8 Å². The molecule has 0 saturated carbocycles. The minimum Gasteiger partial charge on any atom is -0.420 e. The average Bonchev–Trinajstić information content (AvgIpc) is 4.31. The molecule has 28 nitrogen and oxygen atoms in total. The summed E-state index contributed by atoms with van der Waals surface area (Å²) in [6, 6.07) is 0. The van der Waals surface area contributed by atoms with Crippen LogP contribution in [0.3, 0.4) is 0 Å². The van der Waals surface area contributed by atoms with Gasteiger partial charge in [-0.2, -0.15) is 8.78 Å². The lowest BCUT2D eigenvalue weighted by atomic mass is 10.0. The molecule has 2 aliphatic heterocycles. The van der Waals surface area contributed by atoms with Gasteiger partial charge in [0.05, 0.1) is 188 Å². The molecule has 0 bridgehead atoms.